The van der Waals surface area contributed by atoms with E-state index in [4.69, 9.17) is 4.74 Å². The Morgan fingerprint density at radius 2 is 1.81 bits per heavy atom. The van der Waals surface area contributed by atoms with Gasteiger partial charge in [0.05, 0.1) is 5.69 Å². The molecule has 0 bridgehead atoms. The van der Waals surface area contributed by atoms with Crippen LogP contribution >= 0.6 is 11.3 Å². The molecular weight excluding hydrogens is 434 g/mol. The zero-order valence-electron chi connectivity index (χ0n) is 17.2. The van der Waals surface area contributed by atoms with Crippen molar-refractivity contribution in [3.8, 4) is 17.4 Å². The second kappa shape index (κ2) is 8.48. The van der Waals surface area contributed by atoms with E-state index >= 15 is 0 Å². The van der Waals surface area contributed by atoms with Crippen molar-refractivity contribution in [1.82, 2.24) is 20.0 Å². The Morgan fingerprint density at radius 1 is 1.03 bits per heavy atom. The third-order valence-corrected chi connectivity index (χ3v) is 7.53. The standard InChI is InChI=1S/C21H21N5O3S2/c1-4-18-9-12-21(30-18)31(27,28)25-16-5-7-17(8-6-16)29-20-11-10-19(22-23-20)26-15(3)13-14(2)24-26/h5-13,25H,4H2,1-3H3. The summed E-state index contributed by atoms with van der Waals surface area (Å²) in [6, 6.07) is 15.5. The molecule has 3 aromatic heterocycles. The van der Waals surface area contributed by atoms with Crippen molar-refractivity contribution in [2.24, 2.45) is 0 Å². The number of hydrogen-bond acceptors (Lipinski definition) is 7. The summed E-state index contributed by atoms with van der Waals surface area (Å²) in [4.78, 5) is 1.02. The van der Waals surface area contributed by atoms with Crippen LogP contribution in [0.5, 0.6) is 11.6 Å². The molecule has 0 unspecified atom stereocenters. The van der Waals surface area contributed by atoms with Gasteiger partial charge in [-0.15, -0.1) is 21.5 Å². The molecule has 0 fully saturated rings. The lowest BCUT2D eigenvalue weighted by atomic mass is 10.3. The normalized spacial score (nSPS) is 11.5. The maximum Gasteiger partial charge on any atom is 0.271 e. The van der Waals surface area contributed by atoms with Gasteiger partial charge in [-0.25, -0.2) is 13.1 Å². The fourth-order valence-corrected chi connectivity index (χ4v) is 5.31. The number of rotatable bonds is 7. The predicted molar refractivity (Wildman–Crippen MR) is 120 cm³/mol. The number of ether oxygens (including phenoxy) is 1. The van der Waals surface area contributed by atoms with Gasteiger partial charge in [0, 0.05) is 22.3 Å². The van der Waals surface area contributed by atoms with Crippen LogP contribution in [0.25, 0.3) is 5.82 Å². The van der Waals surface area contributed by atoms with Gasteiger partial charge in [0.15, 0.2) is 5.82 Å². The van der Waals surface area contributed by atoms with Crippen LogP contribution in [0.1, 0.15) is 23.2 Å². The average molecular weight is 456 g/mol. The van der Waals surface area contributed by atoms with Crippen molar-refractivity contribution in [1.29, 1.82) is 0 Å². The van der Waals surface area contributed by atoms with Crippen LogP contribution in [0.15, 0.2) is 58.8 Å². The third-order valence-electron chi connectivity index (χ3n) is 4.43. The minimum atomic E-state index is -3.61. The van der Waals surface area contributed by atoms with Gasteiger partial charge in [-0.3, -0.25) is 4.72 Å². The van der Waals surface area contributed by atoms with Crippen molar-refractivity contribution in [2.45, 2.75) is 31.4 Å². The van der Waals surface area contributed by atoms with Gasteiger partial charge in [0.25, 0.3) is 10.0 Å². The van der Waals surface area contributed by atoms with E-state index in [1.54, 1.807) is 47.1 Å². The fourth-order valence-electron chi connectivity index (χ4n) is 2.95. The summed E-state index contributed by atoms with van der Waals surface area (Å²) in [6.45, 7) is 5.86. The summed E-state index contributed by atoms with van der Waals surface area (Å²) in [5, 5.41) is 12.6. The SMILES string of the molecule is CCc1ccc(S(=O)(=O)Nc2ccc(Oc3ccc(-n4nc(C)cc4C)nn3)cc2)s1. The maximum absolute atomic E-state index is 12.5. The Hall–Kier alpha value is -3.24. The van der Waals surface area contributed by atoms with Gasteiger partial charge >= 0.3 is 0 Å². The quantitative estimate of drug-likeness (QED) is 0.441. The van der Waals surface area contributed by atoms with Gasteiger partial charge < -0.3 is 4.74 Å². The summed E-state index contributed by atoms with van der Waals surface area (Å²) in [6.07, 6.45) is 0.803. The Balaban J connectivity index is 1.43. The molecule has 0 atom stereocenters. The number of sulfonamides is 1. The van der Waals surface area contributed by atoms with E-state index in [2.05, 4.69) is 20.0 Å². The Kier molecular flexibility index (Phi) is 5.75. The van der Waals surface area contributed by atoms with E-state index in [0.717, 1.165) is 22.7 Å². The van der Waals surface area contributed by atoms with Crippen LogP contribution in [-0.4, -0.2) is 28.4 Å². The number of aryl methyl sites for hydroxylation is 3. The smallest absolute Gasteiger partial charge is 0.271 e. The van der Waals surface area contributed by atoms with Crippen molar-refractivity contribution in [3.63, 3.8) is 0 Å². The zero-order valence-corrected chi connectivity index (χ0v) is 18.9. The monoisotopic (exact) mass is 455 g/mol. The number of hydrogen-bond donors (Lipinski definition) is 1. The third kappa shape index (κ3) is 4.75. The molecule has 160 valence electrons. The number of aromatic nitrogens is 4. The van der Waals surface area contributed by atoms with Crippen molar-refractivity contribution < 1.29 is 13.2 Å². The summed E-state index contributed by atoms with van der Waals surface area (Å²) in [5.74, 6) is 1.44. The molecule has 4 aromatic rings. The summed E-state index contributed by atoms with van der Waals surface area (Å²) in [5.41, 5.74) is 2.32. The summed E-state index contributed by atoms with van der Waals surface area (Å²) >= 11 is 1.27. The first-order chi connectivity index (χ1) is 14.8. The molecule has 0 spiro atoms. The highest BCUT2D eigenvalue weighted by Gasteiger charge is 2.17. The second-order valence-electron chi connectivity index (χ2n) is 6.87. The molecule has 0 saturated carbocycles. The highest BCUT2D eigenvalue weighted by Crippen LogP contribution is 2.26. The molecule has 1 N–H and O–H groups in total. The average Bonchev–Trinajstić information content (AvgIpc) is 3.36. The van der Waals surface area contributed by atoms with Crippen LogP contribution in [0.4, 0.5) is 5.69 Å². The van der Waals surface area contributed by atoms with Crippen LogP contribution in [0.3, 0.4) is 0 Å². The van der Waals surface area contributed by atoms with Crippen molar-refractivity contribution >= 4 is 27.0 Å². The van der Waals surface area contributed by atoms with E-state index in [9.17, 15) is 8.42 Å². The van der Waals surface area contributed by atoms with Gasteiger partial charge in [0.1, 0.15) is 9.96 Å². The molecule has 0 saturated heterocycles. The highest BCUT2D eigenvalue weighted by molar-refractivity contribution is 7.94. The van der Waals surface area contributed by atoms with Crippen LogP contribution < -0.4 is 9.46 Å². The molecule has 4 rings (SSSR count). The molecule has 1 aromatic carbocycles. The number of anilines is 1. The second-order valence-corrected chi connectivity index (χ2v) is 9.95. The van der Waals surface area contributed by atoms with Crippen LogP contribution in [0, 0.1) is 13.8 Å². The molecule has 0 radical (unpaired) electrons. The lowest BCUT2D eigenvalue weighted by Crippen LogP contribution is -2.11. The molecule has 0 aliphatic carbocycles. The first kappa shape index (κ1) is 21.0. The molecule has 0 aliphatic rings. The lowest BCUT2D eigenvalue weighted by Gasteiger charge is -2.08. The maximum atomic E-state index is 12.5. The summed E-state index contributed by atoms with van der Waals surface area (Å²) < 4.78 is 35.4. The lowest BCUT2D eigenvalue weighted by molar-refractivity contribution is 0.454. The molecule has 31 heavy (non-hydrogen) atoms. The molecule has 0 aliphatic heterocycles. The first-order valence-corrected chi connectivity index (χ1v) is 11.9. The van der Waals surface area contributed by atoms with E-state index in [1.807, 2.05) is 32.9 Å². The number of benzene rings is 1. The molecule has 8 nitrogen and oxygen atoms in total. The minimum absolute atomic E-state index is 0.294. The van der Waals surface area contributed by atoms with E-state index in [1.165, 1.54) is 11.3 Å². The van der Waals surface area contributed by atoms with E-state index in [0.29, 0.717) is 27.3 Å². The Labute approximate surface area is 184 Å². The Morgan fingerprint density at radius 3 is 2.39 bits per heavy atom. The molecule has 10 heteroatoms. The zero-order chi connectivity index (χ0) is 22.0. The van der Waals surface area contributed by atoms with E-state index in [-0.39, 0.29) is 0 Å². The number of nitrogens with one attached hydrogen (secondary N) is 1. The van der Waals surface area contributed by atoms with Gasteiger partial charge in [-0.1, -0.05) is 6.92 Å². The predicted octanol–water partition coefficient (Wildman–Crippen LogP) is 4.50. The first-order valence-electron chi connectivity index (χ1n) is 9.61. The van der Waals surface area contributed by atoms with Crippen molar-refractivity contribution in [2.75, 3.05) is 4.72 Å². The van der Waals surface area contributed by atoms with Crippen molar-refractivity contribution in [3.05, 3.63) is 70.9 Å². The number of nitrogens with zero attached hydrogens (tertiary/aromatic N) is 4. The minimum Gasteiger partial charge on any atom is -0.438 e. The van der Waals surface area contributed by atoms with Gasteiger partial charge in [0.2, 0.25) is 5.88 Å². The van der Waals surface area contributed by atoms with Crippen LogP contribution in [0.2, 0.25) is 0 Å². The summed E-state index contributed by atoms with van der Waals surface area (Å²) in [7, 11) is -3.61. The molecule has 0 amide bonds. The topological polar surface area (TPSA) is 99.0 Å². The Bertz CT molecular complexity index is 1290. The fraction of sp³-hybridized carbons (Fsp3) is 0.190. The highest BCUT2D eigenvalue weighted by atomic mass is 32.2. The number of thiophene rings is 1. The van der Waals surface area contributed by atoms with E-state index < -0.39 is 10.0 Å². The molecule has 3 heterocycles. The largest absolute Gasteiger partial charge is 0.438 e. The molecular formula is C21H21N5O3S2. The van der Waals surface area contributed by atoms with Gasteiger partial charge in [-0.05, 0) is 68.8 Å². The van der Waals surface area contributed by atoms with Crippen LogP contribution in [-0.2, 0) is 16.4 Å². The van der Waals surface area contributed by atoms with Gasteiger partial charge in [-0.2, -0.15) is 5.10 Å².